The lowest BCUT2D eigenvalue weighted by Crippen LogP contribution is -2.11. The van der Waals surface area contributed by atoms with Gasteiger partial charge < -0.3 is 9.47 Å². The second-order valence-corrected chi connectivity index (χ2v) is 15.3. The Morgan fingerprint density at radius 3 is 1.47 bits per heavy atom. The molecule has 0 saturated heterocycles. The maximum Gasteiger partial charge on any atom is 0.0547 e. The highest BCUT2D eigenvalue weighted by molar-refractivity contribution is 6.11. The zero-order chi connectivity index (χ0) is 39.8. The summed E-state index contributed by atoms with van der Waals surface area (Å²) in [6.45, 7) is 0. The van der Waals surface area contributed by atoms with Crippen molar-refractivity contribution in [1.29, 1.82) is 0 Å². The van der Waals surface area contributed by atoms with Crippen molar-refractivity contribution in [2.45, 2.75) is 0 Å². The number of benzene rings is 10. The van der Waals surface area contributed by atoms with Gasteiger partial charge in [0.15, 0.2) is 0 Å². The predicted molar refractivity (Wildman–Crippen MR) is 255 cm³/mol. The first-order chi connectivity index (χ1) is 29.8. The van der Waals surface area contributed by atoms with Crippen LogP contribution >= 0.6 is 0 Å². The smallest absolute Gasteiger partial charge is 0.0547 e. The molecule has 60 heavy (non-hydrogen) atoms. The van der Waals surface area contributed by atoms with Crippen LogP contribution in [0.25, 0.3) is 82.8 Å². The molecule has 0 aliphatic heterocycles. The van der Waals surface area contributed by atoms with E-state index in [0.29, 0.717) is 0 Å². The van der Waals surface area contributed by atoms with E-state index in [4.69, 9.17) is 0 Å². The van der Waals surface area contributed by atoms with Crippen LogP contribution in [0.15, 0.2) is 243 Å². The molecule has 0 saturated carbocycles. The SMILES string of the molecule is c1ccc(-c2ccc(N(c3ccc(-c4ccccc4)cc3)c3ccccc3-c3ccccc3-c3ccc4c5ccccc5n(-c5ccc6ccccc6c5)c4c3)cc2)cc1. The molecule has 0 unspecified atom stereocenters. The molecule has 0 aliphatic rings. The number of fused-ring (bicyclic) bond motifs is 4. The monoisotopic (exact) mass is 764 g/mol. The zero-order valence-electron chi connectivity index (χ0n) is 33.0. The second-order valence-electron chi connectivity index (χ2n) is 15.3. The van der Waals surface area contributed by atoms with Crippen LogP contribution in [0, 0.1) is 0 Å². The zero-order valence-corrected chi connectivity index (χ0v) is 33.0. The van der Waals surface area contributed by atoms with Crippen LogP contribution in [0.3, 0.4) is 0 Å². The predicted octanol–water partition coefficient (Wildman–Crippen LogP) is 16.1. The molecule has 11 rings (SSSR count). The van der Waals surface area contributed by atoms with E-state index < -0.39 is 0 Å². The van der Waals surface area contributed by atoms with Crippen LogP contribution in [-0.2, 0) is 0 Å². The maximum atomic E-state index is 2.43. The summed E-state index contributed by atoms with van der Waals surface area (Å²) in [4.78, 5) is 2.40. The fraction of sp³-hybridized carbons (Fsp3) is 0. The lowest BCUT2D eigenvalue weighted by atomic mass is 9.92. The topological polar surface area (TPSA) is 8.17 Å². The van der Waals surface area contributed by atoms with Gasteiger partial charge in [-0.1, -0.05) is 188 Å². The molecule has 0 N–H and O–H groups in total. The van der Waals surface area contributed by atoms with E-state index in [2.05, 4.69) is 252 Å². The molecule has 0 aliphatic carbocycles. The van der Waals surface area contributed by atoms with Gasteiger partial charge in [-0.3, -0.25) is 0 Å². The van der Waals surface area contributed by atoms with Gasteiger partial charge in [0.2, 0.25) is 0 Å². The minimum atomic E-state index is 1.09. The van der Waals surface area contributed by atoms with E-state index in [1.807, 2.05) is 0 Å². The first-order valence-electron chi connectivity index (χ1n) is 20.6. The van der Waals surface area contributed by atoms with E-state index in [-0.39, 0.29) is 0 Å². The Kier molecular flexibility index (Phi) is 8.87. The van der Waals surface area contributed by atoms with E-state index in [0.717, 1.165) is 28.3 Å². The molecule has 1 aromatic heterocycles. The van der Waals surface area contributed by atoms with Crippen molar-refractivity contribution in [3.63, 3.8) is 0 Å². The molecule has 282 valence electrons. The average molecular weight is 765 g/mol. The molecule has 1 heterocycles. The lowest BCUT2D eigenvalue weighted by Gasteiger charge is -2.29. The van der Waals surface area contributed by atoms with E-state index in [1.165, 1.54) is 71.5 Å². The van der Waals surface area contributed by atoms with Gasteiger partial charge in [-0.15, -0.1) is 0 Å². The van der Waals surface area contributed by atoms with Crippen LogP contribution in [0.2, 0.25) is 0 Å². The molecule has 0 bridgehead atoms. The van der Waals surface area contributed by atoms with E-state index >= 15 is 0 Å². The number of nitrogens with zero attached hydrogens (tertiary/aromatic N) is 2. The summed E-state index contributed by atoms with van der Waals surface area (Å²) in [5.74, 6) is 0. The van der Waals surface area contributed by atoms with Crippen molar-refractivity contribution in [2.24, 2.45) is 0 Å². The summed E-state index contributed by atoms with van der Waals surface area (Å²) >= 11 is 0. The van der Waals surface area contributed by atoms with Gasteiger partial charge in [0.1, 0.15) is 0 Å². The third-order valence-electron chi connectivity index (χ3n) is 11.8. The van der Waals surface area contributed by atoms with E-state index in [9.17, 15) is 0 Å². The highest BCUT2D eigenvalue weighted by Gasteiger charge is 2.20. The summed E-state index contributed by atoms with van der Waals surface area (Å²) in [6.07, 6.45) is 0. The minimum Gasteiger partial charge on any atom is -0.310 e. The number of anilines is 3. The molecular formula is C58H40N2. The molecule has 0 amide bonds. The molecule has 10 aromatic carbocycles. The van der Waals surface area contributed by atoms with Gasteiger partial charge in [0, 0.05) is 33.4 Å². The fourth-order valence-corrected chi connectivity index (χ4v) is 8.89. The Bertz CT molecular complexity index is 3210. The number of para-hydroxylation sites is 2. The largest absolute Gasteiger partial charge is 0.310 e. The van der Waals surface area contributed by atoms with Crippen LogP contribution in [0.5, 0.6) is 0 Å². The Balaban J connectivity index is 1.07. The highest BCUT2D eigenvalue weighted by atomic mass is 15.1. The number of aromatic nitrogens is 1. The average Bonchev–Trinajstić information content (AvgIpc) is 3.66. The molecule has 11 aromatic rings. The van der Waals surface area contributed by atoms with Crippen LogP contribution in [0.4, 0.5) is 17.1 Å². The van der Waals surface area contributed by atoms with Crippen LogP contribution < -0.4 is 4.90 Å². The highest BCUT2D eigenvalue weighted by Crippen LogP contribution is 2.45. The normalized spacial score (nSPS) is 11.3. The first kappa shape index (κ1) is 35.2. The summed E-state index contributed by atoms with van der Waals surface area (Å²) in [6, 6.07) is 87.9. The second kappa shape index (κ2) is 15.1. The number of rotatable bonds is 8. The molecule has 0 fully saturated rings. The number of hydrogen-bond acceptors (Lipinski definition) is 1. The fourth-order valence-electron chi connectivity index (χ4n) is 8.89. The van der Waals surface area contributed by atoms with Gasteiger partial charge in [-0.25, -0.2) is 0 Å². The summed E-state index contributed by atoms with van der Waals surface area (Å²) in [5, 5.41) is 4.96. The van der Waals surface area contributed by atoms with E-state index in [1.54, 1.807) is 0 Å². The van der Waals surface area contributed by atoms with Crippen molar-refractivity contribution in [3.05, 3.63) is 243 Å². The van der Waals surface area contributed by atoms with Gasteiger partial charge in [-0.2, -0.15) is 0 Å². The first-order valence-corrected chi connectivity index (χ1v) is 20.6. The standard InChI is InChI=1S/C58H40N2/c1-3-15-41(16-4-1)44-27-33-48(34-28-44)59(49-35-29-45(30-36-49)42-17-5-2-6-18-42)56-25-13-11-23-53(56)52-22-10-9-21-51(52)47-32-38-55-54-24-12-14-26-57(54)60(58(55)40-47)50-37-31-43-19-7-8-20-46(43)39-50/h1-40H. The van der Waals surface area contributed by atoms with Crippen molar-refractivity contribution >= 4 is 49.6 Å². The third-order valence-corrected chi connectivity index (χ3v) is 11.8. The summed E-state index contributed by atoms with van der Waals surface area (Å²) < 4.78 is 2.43. The molecule has 0 atom stereocenters. The van der Waals surface area contributed by atoms with Crippen LogP contribution in [-0.4, -0.2) is 4.57 Å². The Morgan fingerprint density at radius 1 is 0.283 bits per heavy atom. The van der Waals surface area contributed by atoms with Crippen LogP contribution in [0.1, 0.15) is 0 Å². The third kappa shape index (κ3) is 6.32. The van der Waals surface area contributed by atoms with Gasteiger partial charge in [0.25, 0.3) is 0 Å². The molecule has 2 nitrogen and oxygen atoms in total. The molecular weight excluding hydrogens is 725 g/mol. The Morgan fingerprint density at radius 2 is 0.783 bits per heavy atom. The lowest BCUT2D eigenvalue weighted by molar-refractivity contribution is 1.19. The van der Waals surface area contributed by atoms with Gasteiger partial charge in [0.05, 0.1) is 16.7 Å². The maximum absolute atomic E-state index is 2.43. The summed E-state index contributed by atoms with van der Waals surface area (Å²) in [7, 11) is 0. The Labute approximate surface area is 350 Å². The van der Waals surface area contributed by atoms with Crippen molar-refractivity contribution in [3.8, 4) is 50.2 Å². The summed E-state index contributed by atoms with van der Waals surface area (Å²) in [5.41, 5.74) is 16.3. The molecule has 2 heteroatoms. The van der Waals surface area contributed by atoms with Crippen molar-refractivity contribution in [1.82, 2.24) is 4.57 Å². The Hall–Kier alpha value is -7.94. The van der Waals surface area contributed by atoms with Crippen molar-refractivity contribution in [2.75, 3.05) is 4.90 Å². The molecule has 0 radical (unpaired) electrons. The number of hydrogen-bond donors (Lipinski definition) is 0. The van der Waals surface area contributed by atoms with Gasteiger partial charge >= 0.3 is 0 Å². The van der Waals surface area contributed by atoms with Crippen molar-refractivity contribution < 1.29 is 0 Å². The minimum absolute atomic E-state index is 1.09. The van der Waals surface area contributed by atoms with Gasteiger partial charge in [-0.05, 0) is 104 Å². The quantitative estimate of drug-likeness (QED) is 0.150. The molecule has 0 spiro atoms.